The lowest BCUT2D eigenvalue weighted by Gasteiger charge is -2.47. The van der Waals surface area contributed by atoms with Crippen LogP contribution in [0, 0.1) is 5.92 Å². The third kappa shape index (κ3) is 3.14. The van der Waals surface area contributed by atoms with Gasteiger partial charge in [0.2, 0.25) is 5.36 Å². The number of hydrogen-bond acceptors (Lipinski definition) is 3. The number of carbonyl (C=O) groups is 1. The average Bonchev–Trinajstić information content (AvgIpc) is 2.93. The molecule has 2 unspecified atom stereocenters. The lowest BCUT2D eigenvalue weighted by atomic mass is 9.71. The van der Waals surface area contributed by atoms with E-state index in [9.17, 15) is 4.79 Å². The van der Waals surface area contributed by atoms with E-state index in [-0.39, 0.29) is 17.8 Å². The molecule has 6 aliphatic rings. The Labute approximate surface area is 218 Å². The quantitative estimate of drug-likeness (QED) is 0.471. The Morgan fingerprint density at radius 1 is 1.00 bits per heavy atom. The average molecular weight is 492 g/mol. The second kappa shape index (κ2) is 8.18. The van der Waals surface area contributed by atoms with Gasteiger partial charge in [0, 0.05) is 53.9 Å². The molecule has 0 radical (unpaired) electrons. The highest BCUT2D eigenvalue weighted by molar-refractivity contribution is 5.99. The molecule has 0 spiro atoms. The van der Waals surface area contributed by atoms with Crippen LogP contribution >= 0.6 is 0 Å². The number of hydrogen-bond donors (Lipinski definition) is 0. The van der Waals surface area contributed by atoms with Crippen molar-refractivity contribution in [3.05, 3.63) is 86.1 Å². The minimum absolute atomic E-state index is 0.0235. The van der Waals surface area contributed by atoms with E-state index >= 15 is 0 Å². The molecule has 2 aromatic carbocycles. The fraction of sp³-hybridized carbons (Fsp3) is 0.455. The van der Waals surface area contributed by atoms with Gasteiger partial charge >= 0.3 is 0 Å². The van der Waals surface area contributed by atoms with Crippen LogP contribution in [0.5, 0.6) is 5.75 Å². The van der Waals surface area contributed by atoms with Crippen molar-refractivity contribution in [1.82, 2.24) is 9.48 Å². The molecular weight excluding hydrogens is 456 g/mol. The largest absolute Gasteiger partial charge is 0.484 e. The van der Waals surface area contributed by atoms with Gasteiger partial charge in [0.05, 0.1) is 5.56 Å². The van der Waals surface area contributed by atoms with E-state index in [1.54, 1.807) is 6.92 Å². The third-order valence-electron chi connectivity index (χ3n) is 9.66. The third-order valence-corrected chi connectivity index (χ3v) is 9.66. The van der Waals surface area contributed by atoms with E-state index in [0.29, 0.717) is 0 Å². The molecule has 2 atom stereocenters. The van der Waals surface area contributed by atoms with Crippen LogP contribution in [0.1, 0.15) is 72.5 Å². The van der Waals surface area contributed by atoms with Gasteiger partial charge in [-0.05, 0) is 73.8 Å². The van der Waals surface area contributed by atoms with Gasteiger partial charge in [-0.25, -0.2) is 4.58 Å². The zero-order valence-electron chi connectivity index (χ0n) is 21.8. The molecule has 37 heavy (non-hydrogen) atoms. The zero-order chi connectivity index (χ0) is 24.7. The number of allylic oxidation sites excluding steroid dienone is 1. The van der Waals surface area contributed by atoms with E-state index in [4.69, 9.17) is 4.74 Å². The molecule has 0 amide bonds. The van der Waals surface area contributed by atoms with Crippen molar-refractivity contribution < 1.29 is 9.53 Å². The van der Waals surface area contributed by atoms with E-state index in [1.165, 1.54) is 82.9 Å². The summed E-state index contributed by atoms with van der Waals surface area (Å²) in [5.41, 5.74) is 10.7. The Kier molecular flexibility index (Phi) is 4.84. The Bertz CT molecular complexity index is 1560. The second-order valence-electron chi connectivity index (χ2n) is 11.8. The SMILES string of the molecule is CC(=O)c1ccccc1C1=c2cc3c4c(c2OC2C5=C6C(=CC12)CCCN6CCC5)CCC[N+]=4CCC3. The van der Waals surface area contributed by atoms with Gasteiger partial charge in [-0.2, -0.15) is 0 Å². The molecule has 188 valence electrons. The highest BCUT2D eigenvalue weighted by Gasteiger charge is 2.44. The van der Waals surface area contributed by atoms with E-state index < -0.39 is 0 Å². The number of aryl methyl sites for hydroxylation is 1. The first-order valence-corrected chi connectivity index (χ1v) is 14.5. The van der Waals surface area contributed by atoms with Gasteiger partial charge in [0.15, 0.2) is 5.78 Å². The first kappa shape index (κ1) is 21.9. The molecule has 1 saturated heterocycles. The van der Waals surface area contributed by atoms with E-state index in [2.05, 4.69) is 33.8 Å². The number of rotatable bonds is 2. The summed E-state index contributed by atoms with van der Waals surface area (Å²) < 4.78 is 9.84. The summed E-state index contributed by atoms with van der Waals surface area (Å²) in [7, 11) is 0. The number of benzene rings is 2. The van der Waals surface area contributed by atoms with Gasteiger partial charge in [-0.15, -0.1) is 0 Å². The maximum atomic E-state index is 12.9. The lowest BCUT2D eigenvalue weighted by Crippen LogP contribution is -2.49. The summed E-state index contributed by atoms with van der Waals surface area (Å²) in [5.74, 6) is 1.40. The van der Waals surface area contributed by atoms with Crippen molar-refractivity contribution in [3.63, 3.8) is 0 Å². The molecule has 8 rings (SSSR count). The zero-order valence-corrected chi connectivity index (χ0v) is 21.8. The highest BCUT2D eigenvalue weighted by atomic mass is 16.5. The first-order valence-electron chi connectivity index (χ1n) is 14.5. The van der Waals surface area contributed by atoms with Crippen LogP contribution in [0.4, 0.5) is 0 Å². The molecule has 4 heteroatoms. The number of nitrogens with zero attached hydrogens (tertiary/aromatic N) is 2. The minimum Gasteiger partial charge on any atom is -0.484 e. The summed E-state index contributed by atoms with van der Waals surface area (Å²) in [6.07, 6.45) is 11.9. The maximum Gasteiger partial charge on any atom is 0.210 e. The summed E-state index contributed by atoms with van der Waals surface area (Å²) in [6, 6.07) is 10.8. The number of ether oxygens (including phenoxy) is 1. The van der Waals surface area contributed by atoms with Crippen molar-refractivity contribution in [2.45, 2.75) is 64.4 Å². The maximum absolute atomic E-state index is 12.9. The number of piperidine rings is 1. The minimum atomic E-state index is 0.0235. The van der Waals surface area contributed by atoms with Crippen LogP contribution in [-0.4, -0.2) is 43.0 Å². The van der Waals surface area contributed by atoms with Gasteiger partial charge in [-0.1, -0.05) is 30.3 Å². The molecule has 1 aliphatic carbocycles. The summed E-state index contributed by atoms with van der Waals surface area (Å²) >= 11 is 0. The summed E-state index contributed by atoms with van der Waals surface area (Å²) in [4.78, 5) is 15.5. The Morgan fingerprint density at radius 2 is 1.81 bits per heavy atom. The first-order chi connectivity index (χ1) is 18.2. The van der Waals surface area contributed by atoms with Crippen LogP contribution in [0.3, 0.4) is 0 Å². The smallest absolute Gasteiger partial charge is 0.210 e. The normalized spacial score (nSPS) is 25.4. The highest BCUT2D eigenvalue weighted by Crippen LogP contribution is 2.47. The molecule has 0 bridgehead atoms. The predicted octanol–water partition coefficient (Wildman–Crippen LogP) is 3.93. The Morgan fingerprint density at radius 3 is 2.68 bits per heavy atom. The van der Waals surface area contributed by atoms with Gasteiger partial charge in [-0.3, -0.25) is 4.79 Å². The number of Topliss-reactive ketones (excluding diaryl/α,β-unsaturated/α-hetero) is 1. The van der Waals surface area contributed by atoms with Crippen LogP contribution in [0.25, 0.3) is 5.57 Å². The monoisotopic (exact) mass is 491 g/mol. The van der Waals surface area contributed by atoms with Gasteiger partial charge in [0.1, 0.15) is 24.9 Å². The van der Waals surface area contributed by atoms with Crippen molar-refractivity contribution in [3.8, 4) is 5.75 Å². The van der Waals surface area contributed by atoms with Crippen molar-refractivity contribution in [2.24, 2.45) is 5.92 Å². The van der Waals surface area contributed by atoms with Crippen LogP contribution < -0.4 is 19.9 Å². The molecule has 0 N–H and O–H groups in total. The fourth-order valence-electron chi connectivity index (χ4n) is 8.27. The number of carbonyl (C=O) groups excluding carboxylic acids is 1. The van der Waals surface area contributed by atoms with Crippen LogP contribution in [-0.2, 0) is 12.8 Å². The topological polar surface area (TPSA) is 32.5 Å². The van der Waals surface area contributed by atoms with Crippen molar-refractivity contribution in [1.29, 1.82) is 0 Å². The Hall–Kier alpha value is -3.14. The Balaban J connectivity index is 1.48. The lowest BCUT2D eigenvalue weighted by molar-refractivity contribution is 0.101. The molecule has 0 saturated carbocycles. The second-order valence-corrected chi connectivity index (χ2v) is 11.8. The molecule has 5 heterocycles. The van der Waals surface area contributed by atoms with Crippen molar-refractivity contribution >= 4 is 11.4 Å². The molecule has 1 fully saturated rings. The van der Waals surface area contributed by atoms with E-state index in [0.717, 1.165) is 55.6 Å². The standard InChI is InChI=1S/C33H35N2O2/c1-20(36)23-10-2-3-11-24(23)29-27-18-21-8-4-14-34-16-6-12-25(30(21)34)32(27)37-33-26-13-7-17-35-15-5-9-22(31(26)35)19-28(29)33/h2-3,10-11,18-19,27,32H,4-9,12-17H2,1H3/q+1. The van der Waals surface area contributed by atoms with E-state index in [1.807, 2.05) is 12.1 Å². The number of fused-ring (bicyclic) bond motifs is 4. The number of ketones is 1. The molecule has 2 aromatic rings. The molecule has 0 aromatic heterocycles. The van der Waals surface area contributed by atoms with Crippen LogP contribution in [0.2, 0.25) is 0 Å². The van der Waals surface area contributed by atoms with Crippen molar-refractivity contribution in [2.75, 3.05) is 26.2 Å². The summed E-state index contributed by atoms with van der Waals surface area (Å²) in [6.45, 7) is 6.37. The van der Waals surface area contributed by atoms with Gasteiger partial charge in [0.25, 0.3) is 0 Å². The predicted molar refractivity (Wildman–Crippen MR) is 145 cm³/mol. The summed E-state index contributed by atoms with van der Waals surface area (Å²) in [5, 5.41) is 2.71. The molecular formula is C33H35N2O2+. The molecule has 4 nitrogen and oxygen atoms in total. The van der Waals surface area contributed by atoms with Gasteiger partial charge < -0.3 is 9.64 Å². The molecule has 5 aliphatic heterocycles. The van der Waals surface area contributed by atoms with Crippen LogP contribution in [0.15, 0.2) is 53.3 Å². The fourth-order valence-corrected chi connectivity index (χ4v) is 8.27.